The molecule has 21 heavy (non-hydrogen) atoms. The Labute approximate surface area is 123 Å². The quantitative estimate of drug-likeness (QED) is 0.567. The van der Waals surface area contributed by atoms with Gasteiger partial charge in [0.1, 0.15) is 4.90 Å². The van der Waals surface area contributed by atoms with Crippen molar-refractivity contribution in [2.24, 2.45) is 5.84 Å². The van der Waals surface area contributed by atoms with Gasteiger partial charge in [-0.05, 0) is 24.3 Å². The van der Waals surface area contributed by atoms with Crippen LogP contribution in [-0.2, 0) is 10.0 Å². The van der Waals surface area contributed by atoms with Crippen molar-refractivity contribution in [1.82, 2.24) is 4.98 Å². The number of hydrogen-bond donors (Lipinski definition) is 3. The van der Waals surface area contributed by atoms with Gasteiger partial charge >= 0.3 is 0 Å². The molecule has 0 saturated heterocycles. The molecule has 0 bridgehead atoms. The van der Waals surface area contributed by atoms with Crippen LogP contribution in [0, 0.1) is 0 Å². The van der Waals surface area contributed by atoms with Gasteiger partial charge in [0.15, 0.2) is 0 Å². The first-order valence-electron chi connectivity index (χ1n) is 6.15. The van der Waals surface area contributed by atoms with Crippen LogP contribution < -0.4 is 20.9 Å². The molecule has 1 heterocycles. The molecule has 0 saturated carbocycles. The smallest absolute Gasteiger partial charge is 0.265 e. The van der Waals surface area contributed by atoms with E-state index in [9.17, 15) is 8.42 Å². The molecular weight excluding hydrogens is 290 g/mol. The maximum Gasteiger partial charge on any atom is 0.265 e. The summed E-state index contributed by atoms with van der Waals surface area (Å²) in [4.78, 5) is 5.70. The predicted molar refractivity (Wildman–Crippen MR) is 83.6 cm³/mol. The van der Waals surface area contributed by atoms with Crippen LogP contribution in [0.3, 0.4) is 0 Å². The van der Waals surface area contributed by atoms with Crippen LogP contribution >= 0.6 is 0 Å². The Morgan fingerprint density at radius 1 is 1.24 bits per heavy atom. The van der Waals surface area contributed by atoms with Crippen LogP contribution in [0.1, 0.15) is 0 Å². The zero-order valence-corrected chi connectivity index (χ0v) is 12.6. The highest BCUT2D eigenvalue weighted by Gasteiger charge is 2.18. The van der Waals surface area contributed by atoms with Crippen molar-refractivity contribution in [1.29, 1.82) is 0 Å². The topological polar surface area (TPSA) is 100 Å². The molecule has 1 aromatic heterocycles. The number of hydrogen-bond acceptors (Lipinski definition) is 6. The van der Waals surface area contributed by atoms with Gasteiger partial charge in [-0.1, -0.05) is 6.07 Å². The molecule has 0 atom stereocenters. The standard InChI is InChI=1S/C13H17N5O2S/c1-18(2)11-5-3-4-10(8-11)17-21(19,20)13-9-15-7-6-12(13)16-14/h3-9,17H,14H2,1-2H3,(H,15,16). The summed E-state index contributed by atoms with van der Waals surface area (Å²) in [7, 11) is -0.0118. The minimum Gasteiger partial charge on any atom is -0.378 e. The van der Waals surface area contributed by atoms with E-state index in [1.807, 2.05) is 25.1 Å². The van der Waals surface area contributed by atoms with Crippen molar-refractivity contribution in [2.75, 3.05) is 29.1 Å². The maximum atomic E-state index is 12.4. The maximum absolute atomic E-state index is 12.4. The van der Waals surface area contributed by atoms with E-state index >= 15 is 0 Å². The van der Waals surface area contributed by atoms with Gasteiger partial charge in [0.05, 0.1) is 11.4 Å². The Hall–Kier alpha value is -2.32. The van der Waals surface area contributed by atoms with Gasteiger partial charge in [0, 0.05) is 32.2 Å². The van der Waals surface area contributed by atoms with Gasteiger partial charge in [0.25, 0.3) is 10.0 Å². The van der Waals surface area contributed by atoms with Crippen molar-refractivity contribution >= 4 is 27.1 Å². The highest BCUT2D eigenvalue weighted by molar-refractivity contribution is 7.92. The molecule has 0 amide bonds. The Morgan fingerprint density at radius 2 is 2.00 bits per heavy atom. The molecule has 0 aliphatic heterocycles. The van der Waals surface area contributed by atoms with E-state index in [-0.39, 0.29) is 10.6 Å². The summed E-state index contributed by atoms with van der Waals surface area (Å²) in [6.07, 6.45) is 2.70. The predicted octanol–water partition coefficient (Wildman–Crippen LogP) is 1.23. The minimum atomic E-state index is -3.77. The highest BCUT2D eigenvalue weighted by atomic mass is 32.2. The average molecular weight is 307 g/mol. The number of nitrogen functional groups attached to an aromatic ring is 1. The molecule has 0 spiro atoms. The van der Waals surface area contributed by atoms with E-state index < -0.39 is 10.0 Å². The van der Waals surface area contributed by atoms with Crippen LogP contribution in [0.2, 0.25) is 0 Å². The third-order valence-electron chi connectivity index (χ3n) is 2.84. The van der Waals surface area contributed by atoms with E-state index in [1.54, 1.807) is 18.2 Å². The lowest BCUT2D eigenvalue weighted by molar-refractivity contribution is 0.601. The molecule has 8 heteroatoms. The number of aromatic nitrogens is 1. The van der Waals surface area contributed by atoms with Crippen molar-refractivity contribution in [3.63, 3.8) is 0 Å². The zero-order chi connectivity index (χ0) is 15.5. The Balaban J connectivity index is 2.35. The number of anilines is 3. The number of hydrazine groups is 1. The second-order valence-corrected chi connectivity index (χ2v) is 6.22. The van der Waals surface area contributed by atoms with Crippen LogP contribution in [0.5, 0.6) is 0 Å². The van der Waals surface area contributed by atoms with Crippen molar-refractivity contribution in [3.8, 4) is 0 Å². The number of sulfonamides is 1. The van der Waals surface area contributed by atoms with Gasteiger partial charge in [-0.2, -0.15) is 0 Å². The monoisotopic (exact) mass is 307 g/mol. The molecule has 0 fully saturated rings. The minimum absolute atomic E-state index is 0.0113. The van der Waals surface area contributed by atoms with Crippen molar-refractivity contribution < 1.29 is 8.42 Å². The molecule has 1 aromatic carbocycles. The first kappa shape index (κ1) is 15.1. The van der Waals surface area contributed by atoms with Crippen LogP contribution in [0.25, 0.3) is 0 Å². The first-order chi connectivity index (χ1) is 9.94. The van der Waals surface area contributed by atoms with Gasteiger partial charge in [-0.15, -0.1) is 0 Å². The summed E-state index contributed by atoms with van der Waals surface area (Å²) >= 11 is 0. The number of pyridine rings is 1. The van der Waals surface area contributed by atoms with Crippen molar-refractivity contribution in [3.05, 3.63) is 42.7 Å². The molecule has 0 aliphatic carbocycles. The van der Waals surface area contributed by atoms with Crippen molar-refractivity contribution in [2.45, 2.75) is 4.90 Å². The number of rotatable bonds is 5. The molecule has 4 N–H and O–H groups in total. The third kappa shape index (κ3) is 3.41. The van der Waals surface area contributed by atoms with Crippen LogP contribution in [0.4, 0.5) is 17.1 Å². The number of benzene rings is 1. The number of nitrogens with one attached hydrogen (secondary N) is 2. The van der Waals surface area contributed by atoms with E-state index in [4.69, 9.17) is 5.84 Å². The summed E-state index contributed by atoms with van der Waals surface area (Å²) < 4.78 is 27.3. The molecule has 0 aliphatic rings. The van der Waals surface area contributed by atoms with Gasteiger partial charge in [-0.3, -0.25) is 15.5 Å². The summed E-state index contributed by atoms with van der Waals surface area (Å²) in [6, 6.07) is 8.57. The fourth-order valence-corrected chi connectivity index (χ4v) is 2.93. The Bertz CT molecular complexity index is 731. The first-order valence-corrected chi connectivity index (χ1v) is 7.63. The van der Waals surface area contributed by atoms with Gasteiger partial charge < -0.3 is 10.3 Å². The second kappa shape index (κ2) is 5.98. The fraction of sp³-hybridized carbons (Fsp3) is 0.154. The van der Waals surface area contributed by atoms with E-state index in [0.29, 0.717) is 5.69 Å². The lowest BCUT2D eigenvalue weighted by atomic mass is 10.3. The third-order valence-corrected chi connectivity index (χ3v) is 4.25. The van der Waals surface area contributed by atoms with E-state index in [1.165, 1.54) is 18.5 Å². The van der Waals surface area contributed by atoms with Crippen LogP contribution in [0.15, 0.2) is 47.6 Å². The normalized spacial score (nSPS) is 11.0. The summed E-state index contributed by atoms with van der Waals surface area (Å²) in [5.41, 5.74) is 3.98. The fourth-order valence-electron chi connectivity index (χ4n) is 1.77. The highest BCUT2D eigenvalue weighted by Crippen LogP contribution is 2.24. The van der Waals surface area contributed by atoms with E-state index in [2.05, 4.69) is 15.1 Å². The van der Waals surface area contributed by atoms with E-state index in [0.717, 1.165) is 5.69 Å². The summed E-state index contributed by atoms with van der Waals surface area (Å²) in [6.45, 7) is 0. The summed E-state index contributed by atoms with van der Waals surface area (Å²) in [5, 5.41) is 0. The van der Waals surface area contributed by atoms with Gasteiger partial charge in [-0.25, -0.2) is 8.42 Å². The number of nitrogens with zero attached hydrogens (tertiary/aromatic N) is 2. The second-order valence-electron chi connectivity index (χ2n) is 4.57. The molecule has 7 nitrogen and oxygen atoms in total. The Kier molecular flexibility index (Phi) is 4.29. The molecule has 0 unspecified atom stereocenters. The Morgan fingerprint density at radius 3 is 2.67 bits per heavy atom. The molecule has 0 radical (unpaired) electrons. The zero-order valence-electron chi connectivity index (χ0n) is 11.7. The average Bonchev–Trinajstić information content (AvgIpc) is 2.47. The molecule has 112 valence electrons. The largest absolute Gasteiger partial charge is 0.378 e. The molecule has 2 rings (SSSR count). The molecule has 2 aromatic rings. The summed E-state index contributed by atoms with van der Waals surface area (Å²) in [5.74, 6) is 5.33. The number of nitrogens with two attached hydrogens (primary N) is 1. The van der Waals surface area contributed by atoms with Crippen LogP contribution in [-0.4, -0.2) is 27.5 Å². The lowest BCUT2D eigenvalue weighted by Crippen LogP contribution is -2.18. The molecular formula is C13H17N5O2S. The van der Waals surface area contributed by atoms with Gasteiger partial charge in [0.2, 0.25) is 0 Å². The SMILES string of the molecule is CN(C)c1cccc(NS(=O)(=O)c2cnccc2NN)c1. The lowest BCUT2D eigenvalue weighted by Gasteiger charge is -2.15.